The van der Waals surface area contributed by atoms with Crippen LogP contribution in [0.3, 0.4) is 0 Å². The highest BCUT2D eigenvalue weighted by molar-refractivity contribution is 7.89. The Morgan fingerprint density at radius 1 is 1.29 bits per heavy atom. The number of aliphatic imine (C=N–C) groups is 1. The molecule has 2 aromatic rings. The van der Waals surface area contributed by atoms with Gasteiger partial charge in [0.2, 0.25) is 10.0 Å². The first-order valence-electron chi connectivity index (χ1n) is 8.94. The third kappa shape index (κ3) is 6.86. The zero-order valence-corrected chi connectivity index (χ0v) is 18.0. The van der Waals surface area contributed by atoms with E-state index in [-0.39, 0.29) is 11.4 Å². The Balaban J connectivity index is 1.91. The summed E-state index contributed by atoms with van der Waals surface area (Å²) in [6, 6.07) is 6.80. The lowest BCUT2D eigenvalue weighted by atomic mass is 10.2. The summed E-state index contributed by atoms with van der Waals surface area (Å²) in [4.78, 5) is 10.0. The molecule has 0 saturated heterocycles. The van der Waals surface area contributed by atoms with E-state index in [2.05, 4.69) is 32.3 Å². The van der Waals surface area contributed by atoms with Gasteiger partial charge in [-0.25, -0.2) is 18.1 Å². The molecule has 0 aliphatic rings. The summed E-state index contributed by atoms with van der Waals surface area (Å²) in [7, 11) is -0.340. The van der Waals surface area contributed by atoms with Gasteiger partial charge in [-0.2, -0.15) is 0 Å². The van der Waals surface area contributed by atoms with E-state index in [9.17, 15) is 8.42 Å². The van der Waals surface area contributed by atoms with Gasteiger partial charge < -0.3 is 15.4 Å². The molecule has 0 aliphatic heterocycles. The van der Waals surface area contributed by atoms with Gasteiger partial charge in [0.25, 0.3) is 0 Å². The van der Waals surface area contributed by atoms with Crippen molar-refractivity contribution in [1.82, 2.24) is 20.3 Å². The fourth-order valence-electron chi connectivity index (χ4n) is 2.34. The van der Waals surface area contributed by atoms with Gasteiger partial charge in [0, 0.05) is 38.3 Å². The number of nitrogens with zero attached hydrogens (tertiary/aromatic N) is 2. The molecule has 0 bridgehead atoms. The second-order valence-electron chi connectivity index (χ2n) is 5.89. The SMILES string of the molecule is CCc1cnc(CNC(=NC)NCc2cccc(S(=O)(=O)NCCOC)c2)s1. The molecule has 28 heavy (non-hydrogen) atoms. The van der Waals surface area contributed by atoms with Crippen LogP contribution in [0.4, 0.5) is 0 Å². The summed E-state index contributed by atoms with van der Waals surface area (Å²) in [5.74, 6) is 0.625. The Bertz CT molecular complexity index is 881. The summed E-state index contributed by atoms with van der Waals surface area (Å²) < 4.78 is 32.0. The maximum atomic E-state index is 12.3. The lowest BCUT2D eigenvalue weighted by Gasteiger charge is -2.12. The van der Waals surface area contributed by atoms with Crippen LogP contribution in [0.5, 0.6) is 0 Å². The Labute approximate surface area is 170 Å². The van der Waals surface area contributed by atoms with E-state index in [1.165, 1.54) is 12.0 Å². The van der Waals surface area contributed by atoms with E-state index in [4.69, 9.17) is 4.74 Å². The van der Waals surface area contributed by atoms with Gasteiger partial charge >= 0.3 is 0 Å². The van der Waals surface area contributed by atoms with E-state index in [1.54, 1.807) is 36.6 Å². The van der Waals surface area contributed by atoms with Gasteiger partial charge in [0.15, 0.2) is 5.96 Å². The molecule has 3 N–H and O–H groups in total. The molecule has 154 valence electrons. The van der Waals surface area contributed by atoms with Gasteiger partial charge in [-0.15, -0.1) is 11.3 Å². The number of nitrogens with one attached hydrogen (secondary N) is 3. The van der Waals surface area contributed by atoms with Crippen molar-refractivity contribution in [1.29, 1.82) is 0 Å². The second kappa shape index (κ2) is 11.1. The highest BCUT2D eigenvalue weighted by Crippen LogP contribution is 2.13. The van der Waals surface area contributed by atoms with Gasteiger partial charge in [-0.05, 0) is 24.1 Å². The molecular formula is C18H27N5O3S2. The zero-order valence-electron chi connectivity index (χ0n) is 16.4. The minimum atomic E-state index is -3.56. The zero-order chi connectivity index (χ0) is 20.4. The first-order valence-corrected chi connectivity index (χ1v) is 11.2. The summed E-state index contributed by atoms with van der Waals surface area (Å²) in [5, 5.41) is 7.40. The number of hydrogen-bond acceptors (Lipinski definition) is 6. The number of hydrogen-bond donors (Lipinski definition) is 3. The van der Waals surface area contributed by atoms with Crippen LogP contribution in [-0.2, 0) is 34.3 Å². The topological polar surface area (TPSA) is 105 Å². The normalized spacial score (nSPS) is 12.2. The minimum absolute atomic E-state index is 0.223. The monoisotopic (exact) mass is 425 g/mol. The van der Waals surface area contributed by atoms with Crippen molar-refractivity contribution >= 4 is 27.3 Å². The number of methoxy groups -OCH3 is 1. The van der Waals surface area contributed by atoms with E-state index in [0.717, 1.165) is 17.0 Å². The lowest BCUT2D eigenvalue weighted by Crippen LogP contribution is -2.36. The Morgan fingerprint density at radius 3 is 2.75 bits per heavy atom. The molecule has 0 atom stereocenters. The molecule has 0 spiro atoms. The predicted molar refractivity (Wildman–Crippen MR) is 112 cm³/mol. The maximum Gasteiger partial charge on any atom is 0.240 e. The average molecular weight is 426 g/mol. The minimum Gasteiger partial charge on any atom is -0.383 e. The van der Waals surface area contributed by atoms with Gasteiger partial charge in [0.05, 0.1) is 18.0 Å². The van der Waals surface area contributed by atoms with Crippen LogP contribution in [0.2, 0.25) is 0 Å². The molecule has 0 fully saturated rings. The van der Waals surface area contributed by atoms with Crippen LogP contribution in [0.25, 0.3) is 0 Å². The summed E-state index contributed by atoms with van der Waals surface area (Å²) in [6.45, 7) is 3.68. The molecule has 0 amide bonds. The lowest BCUT2D eigenvalue weighted by molar-refractivity contribution is 0.204. The van der Waals surface area contributed by atoms with Crippen LogP contribution >= 0.6 is 11.3 Å². The van der Waals surface area contributed by atoms with Gasteiger partial charge in [-0.3, -0.25) is 4.99 Å². The Morgan fingerprint density at radius 2 is 2.07 bits per heavy atom. The number of thiazole rings is 1. The Hall–Kier alpha value is -2.01. The maximum absolute atomic E-state index is 12.3. The molecule has 2 rings (SSSR count). The van der Waals surface area contributed by atoms with Crippen molar-refractivity contribution in [2.45, 2.75) is 31.3 Å². The van der Waals surface area contributed by atoms with E-state index >= 15 is 0 Å². The molecule has 1 aromatic heterocycles. The molecule has 8 nitrogen and oxygen atoms in total. The first kappa shape index (κ1) is 22.3. The molecular weight excluding hydrogens is 398 g/mol. The smallest absolute Gasteiger partial charge is 0.240 e. The number of aromatic nitrogens is 1. The Kier molecular flexibility index (Phi) is 8.84. The van der Waals surface area contributed by atoms with Crippen LogP contribution in [0.1, 0.15) is 22.4 Å². The molecule has 0 radical (unpaired) electrons. The summed E-state index contributed by atoms with van der Waals surface area (Å²) >= 11 is 1.67. The van der Waals surface area contributed by atoms with Crippen molar-refractivity contribution in [2.75, 3.05) is 27.3 Å². The van der Waals surface area contributed by atoms with Crippen molar-refractivity contribution in [2.24, 2.45) is 4.99 Å². The molecule has 10 heteroatoms. The summed E-state index contributed by atoms with van der Waals surface area (Å²) in [5.41, 5.74) is 0.833. The molecule has 0 aliphatic carbocycles. The second-order valence-corrected chi connectivity index (χ2v) is 8.86. The van der Waals surface area contributed by atoms with E-state index < -0.39 is 10.0 Å². The number of sulfonamides is 1. The van der Waals surface area contributed by atoms with E-state index in [1.807, 2.05) is 12.3 Å². The predicted octanol–water partition coefficient (Wildman–Crippen LogP) is 1.50. The molecule has 0 saturated carbocycles. The van der Waals surface area contributed by atoms with Crippen LogP contribution in [0.15, 0.2) is 40.4 Å². The molecule has 1 heterocycles. The number of ether oxygens (including phenoxy) is 1. The van der Waals surface area contributed by atoms with Crippen LogP contribution in [-0.4, -0.2) is 46.7 Å². The standard InChI is InChI=1S/C18H27N5O3S2/c1-4-15-12-20-17(27-15)13-22-18(19-2)21-11-14-6-5-7-16(10-14)28(24,25)23-8-9-26-3/h5-7,10,12,23H,4,8-9,11,13H2,1-3H3,(H2,19,21,22). The summed E-state index contributed by atoms with van der Waals surface area (Å²) in [6.07, 6.45) is 2.87. The number of guanidine groups is 1. The number of rotatable bonds is 10. The number of aryl methyl sites for hydroxylation is 1. The molecule has 1 aromatic carbocycles. The van der Waals surface area contributed by atoms with Gasteiger partial charge in [0.1, 0.15) is 5.01 Å². The highest BCUT2D eigenvalue weighted by atomic mass is 32.2. The van der Waals surface area contributed by atoms with E-state index in [0.29, 0.717) is 25.7 Å². The quantitative estimate of drug-likeness (QED) is 0.303. The fraction of sp³-hybridized carbons (Fsp3) is 0.444. The van der Waals surface area contributed by atoms with Crippen LogP contribution in [0, 0.1) is 0 Å². The highest BCUT2D eigenvalue weighted by Gasteiger charge is 2.13. The van der Waals surface area contributed by atoms with Crippen molar-refractivity contribution in [3.05, 3.63) is 45.9 Å². The van der Waals surface area contributed by atoms with Gasteiger partial charge in [-0.1, -0.05) is 19.1 Å². The van der Waals surface area contributed by atoms with Crippen molar-refractivity contribution in [3.8, 4) is 0 Å². The fourth-order valence-corrected chi connectivity index (χ4v) is 4.23. The van der Waals surface area contributed by atoms with Crippen LogP contribution < -0.4 is 15.4 Å². The molecule has 0 unspecified atom stereocenters. The first-order chi connectivity index (χ1) is 13.5. The average Bonchev–Trinajstić information content (AvgIpc) is 3.16. The van der Waals surface area contributed by atoms with Crippen molar-refractivity contribution < 1.29 is 13.2 Å². The third-order valence-corrected chi connectivity index (χ3v) is 6.45. The largest absolute Gasteiger partial charge is 0.383 e. The third-order valence-electron chi connectivity index (χ3n) is 3.85. The van der Waals surface area contributed by atoms with Crippen molar-refractivity contribution in [3.63, 3.8) is 0 Å². The number of benzene rings is 1.